The summed E-state index contributed by atoms with van der Waals surface area (Å²) >= 11 is 0. The third-order valence-electron chi connectivity index (χ3n) is 4.14. The first-order valence-corrected chi connectivity index (χ1v) is 8.70. The summed E-state index contributed by atoms with van der Waals surface area (Å²) in [6.45, 7) is 3.56. The van der Waals surface area contributed by atoms with Crippen LogP contribution in [0.5, 0.6) is 0 Å². The maximum atomic E-state index is 12.4. The molecule has 0 saturated heterocycles. The number of aliphatic carboxylic acids is 1. The molecule has 0 bridgehead atoms. The molecule has 1 aliphatic rings. The molecular formula is C15H21NO4S. The number of aryl methyl sites for hydroxylation is 2. The summed E-state index contributed by atoms with van der Waals surface area (Å²) in [6, 6.07) is 3.95. The van der Waals surface area contributed by atoms with Gasteiger partial charge in [0.25, 0.3) is 0 Å². The molecule has 5 nitrogen and oxygen atoms in total. The minimum atomic E-state index is -3.81. The van der Waals surface area contributed by atoms with Crippen molar-refractivity contribution in [1.82, 2.24) is 4.72 Å². The second kappa shape index (κ2) is 6.15. The summed E-state index contributed by atoms with van der Waals surface area (Å²) in [5.74, 6) is -1.42. The van der Waals surface area contributed by atoms with E-state index in [1.807, 2.05) is 13.0 Å². The minimum Gasteiger partial charge on any atom is -0.480 e. The van der Waals surface area contributed by atoms with Crippen LogP contribution in [-0.4, -0.2) is 25.5 Å². The lowest BCUT2D eigenvalue weighted by molar-refractivity contribution is -0.140. The number of hydrogen-bond acceptors (Lipinski definition) is 3. The zero-order chi connectivity index (χ0) is 15.6. The molecule has 1 aromatic rings. The first-order chi connectivity index (χ1) is 9.85. The van der Waals surface area contributed by atoms with E-state index in [2.05, 4.69) is 4.72 Å². The normalized spacial score (nSPS) is 17.2. The maximum absolute atomic E-state index is 12.4. The molecule has 0 unspecified atom stereocenters. The van der Waals surface area contributed by atoms with Gasteiger partial charge < -0.3 is 5.11 Å². The van der Waals surface area contributed by atoms with Crippen LogP contribution >= 0.6 is 0 Å². The van der Waals surface area contributed by atoms with Crippen molar-refractivity contribution in [1.29, 1.82) is 0 Å². The van der Waals surface area contributed by atoms with E-state index in [1.165, 1.54) is 5.56 Å². The highest BCUT2D eigenvalue weighted by molar-refractivity contribution is 7.89. The molecule has 2 atom stereocenters. The van der Waals surface area contributed by atoms with E-state index in [-0.39, 0.29) is 10.8 Å². The molecule has 0 amide bonds. The van der Waals surface area contributed by atoms with Crippen LogP contribution in [-0.2, 0) is 27.7 Å². The summed E-state index contributed by atoms with van der Waals surface area (Å²) < 4.78 is 27.1. The molecule has 1 aliphatic carbocycles. The van der Waals surface area contributed by atoms with Gasteiger partial charge in [0.1, 0.15) is 6.04 Å². The van der Waals surface area contributed by atoms with E-state index in [1.54, 1.807) is 19.1 Å². The van der Waals surface area contributed by atoms with Gasteiger partial charge in [-0.3, -0.25) is 4.79 Å². The lowest BCUT2D eigenvalue weighted by atomic mass is 10.0. The molecule has 0 aromatic heterocycles. The van der Waals surface area contributed by atoms with Gasteiger partial charge in [-0.15, -0.1) is 0 Å². The van der Waals surface area contributed by atoms with Crippen LogP contribution in [0.4, 0.5) is 0 Å². The van der Waals surface area contributed by atoms with Crippen LogP contribution in [0, 0.1) is 5.92 Å². The second-order valence-electron chi connectivity index (χ2n) is 5.61. The summed E-state index contributed by atoms with van der Waals surface area (Å²) in [6.07, 6.45) is 3.49. The fraction of sp³-hybridized carbons (Fsp3) is 0.533. The molecule has 0 spiro atoms. The Morgan fingerprint density at radius 2 is 2.00 bits per heavy atom. The molecule has 21 heavy (non-hydrogen) atoms. The van der Waals surface area contributed by atoms with Gasteiger partial charge >= 0.3 is 5.97 Å². The molecule has 0 aliphatic heterocycles. The van der Waals surface area contributed by atoms with Crippen molar-refractivity contribution >= 4 is 16.0 Å². The van der Waals surface area contributed by atoms with E-state index in [0.29, 0.717) is 6.42 Å². The molecule has 2 rings (SSSR count). The Morgan fingerprint density at radius 1 is 1.33 bits per heavy atom. The van der Waals surface area contributed by atoms with Crippen LogP contribution < -0.4 is 4.72 Å². The van der Waals surface area contributed by atoms with E-state index < -0.39 is 22.0 Å². The smallest absolute Gasteiger partial charge is 0.322 e. The van der Waals surface area contributed by atoms with Gasteiger partial charge in [0.05, 0.1) is 4.90 Å². The largest absolute Gasteiger partial charge is 0.480 e. The highest BCUT2D eigenvalue weighted by Crippen LogP contribution is 2.25. The van der Waals surface area contributed by atoms with Crippen molar-refractivity contribution in [2.24, 2.45) is 5.92 Å². The Kier molecular flexibility index (Phi) is 4.68. The standard InChI is InChI=1S/C15H21NO4S/c1-3-10(2)14(15(17)18)16-21(19,20)13-8-7-11-5-4-6-12(11)9-13/h7-10,14,16H,3-6H2,1-2H3,(H,17,18)/t10-,14-/m0/s1. The van der Waals surface area contributed by atoms with Crippen LogP contribution in [0.25, 0.3) is 0 Å². The lowest BCUT2D eigenvalue weighted by Gasteiger charge is -2.20. The number of carboxylic acid groups (broad SMARTS) is 1. The molecule has 1 aromatic carbocycles. The average Bonchev–Trinajstić information content (AvgIpc) is 2.91. The number of hydrogen-bond donors (Lipinski definition) is 2. The van der Waals surface area contributed by atoms with Crippen molar-refractivity contribution in [3.63, 3.8) is 0 Å². The quantitative estimate of drug-likeness (QED) is 0.841. The fourth-order valence-electron chi connectivity index (χ4n) is 2.60. The van der Waals surface area contributed by atoms with Gasteiger partial charge in [0.2, 0.25) is 10.0 Å². The molecule has 2 N–H and O–H groups in total. The number of sulfonamides is 1. The first-order valence-electron chi connectivity index (χ1n) is 7.22. The van der Waals surface area contributed by atoms with Gasteiger partial charge in [0, 0.05) is 0 Å². The molecule has 116 valence electrons. The highest BCUT2D eigenvalue weighted by atomic mass is 32.2. The van der Waals surface area contributed by atoms with Crippen molar-refractivity contribution in [2.75, 3.05) is 0 Å². The topological polar surface area (TPSA) is 83.5 Å². The average molecular weight is 311 g/mol. The predicted octanol–water partition coefficient (Wildman–Crippen LogP) is 1.95. The van der Waals surface area contributed by atoms with E-state index >= 15 is 0 Å². The monoisotopic (exact) mass is 311 g/mol. The SMILES string of the molecule is CC[C@H](C)[C@H](NS(=O)(=O)c1ccc2c(c1)CCC2)C(=O)O. The zero-order valence-corrected chi connectivity index (χ0v) is 13.1. The summed E-state index contributed by atoms with van der Waals surface area (Å²) in [5, 5.41) is 9.21. The molecule has 0 fully saturated rings. The van der Waals surface area contributed by atoms with Gasteiger partial charge in [0.15, 0.2) is 0 Å². The number of carbonyl (C=O) groups is 1. The van der Waals surface area contributed by atoms with Crippen molar-refractivity contribution in [3.8, 4) is 0 Å². The molecule has 6 heteroatoms. The highest BCUT2D eigenvalue weighted by Gasteiger charge is 2.29. The summed E-state index contributed by atoms with van der Waals surface area (Å²) in [5.41, 5.74) is 2.24. The molecule has 0 radical (unpaired) electrons. The lowest BCUT2D eigenvalue weighted by Crippen LogP contribution is -2.44. The van der Waals surface area contributed by atoms with E-state index in [4.69, 9.17) is 0 Å². The minimum absolute atomic E-state index is 0.151. The van der Waals surface area contributed by atoms with Crippen LogP contribution in [0.1, 0.15) is 37.8 Å². The van der Waals surface area contributed by atoms with Gasteiger partial charge in [-0.1, -0.05) is 26.3 Å². The predicted molar refractivity (Wildman–Crippen MR) is 79.7 cm³/mol. The molecular weight excluding hydrogens is 290 g/mol. The number of carboxylic acids is 1. The number of nitrogens with one attached hydrogen (secondary N) is 1. The maximum Gasteiger partial charge on any atom is 0.322 e. The third-order valence-corrected chi connectivity index (χ3v) is 5.58. The van der Waals surface area contributed by atoms with Gasteiger partial charge in [-0.2, -0.15) is 4.72 Å². The summed E-state index contributed by atoms with van der Waals surface area (Å²) in [4.78, 5) is 11.4. The Balaban J connectivity index is 2.27. The van der Waals surface area contributed by atoms with Gasteiger partial charge in [-0.05, 0) is 48.4 Å². The Labute approximate surface area is 125 Å². The van der Waals surface area contributed by atoms with Gasteiger partial charge in [-0.25, -0.2) is 8.42 Å². The van der Waals surface area contributed by atoms with Crippen molar-refractivity contribution in [3.05, 3.63) is 29.3 Å². The van der Waals surface area contributed by atoms with Crippen molar-refractivity contribution < 1.29 is 18.3 Å². The Morgan fingerprint density at radius 3 is 2.62 bits per heavy atom. The Hall–Kier alpha value is -1.40. The van der Waals surface area contributed by atoms with E-state index in [0.717, 1.165) is 24.8 Å². The number of fused-ring (bicyclic) bond motifs is 1. The second-order valence-corrected chi connectivity index (χ2v) is 7.32. The van der Waals surface area contributed by atoms with Crippen LogP contribution in [0.15, 0.2) is 23.1 Å². The number of rotatable bonds is 6. The van der Waals surface area contributed by atoms with Crippen LogP contribution in [0.2, 0.25) is 0 Å². The Bertz CT molecular complexity index is 639. The summed E-state index contributed by atoms with van der Waals surface area (Å²) in [7, 11) is -3.81. The molecule has 0 saturated carbocycles. The van der Waals surface area contributed by atoms with E-state index in [9.17, 15) is 18.3 Å². The van der Waals surface area contributed by atoms with Crippen molar-refractivity contribution in [2.45, 2.75) is 50.5 Å². The fourth-order valence-corrected chi connectivity index (χ4v) is 3.94. The number of benzene rings is 1. The molecule has 0 heterocycles. The first kappa shape index (κ1) is 16.0. The zero-order valence-electron chi connectivity index (χ0n) is 12.3. The third kappa shape index (κ3) is 3.44. The van der Waals surface area contributed by atoms with Crippen LogP contribution in [0.3, 0.4) is 0 Å².